The van der Waals surface area contributed by atoms with Gasteiger partial charge in [0.25, 0.3) is 0 Å². The van der Waals surface area contributed by atoms with E-state index < -0.39 is 0 Å². The van der Waals surface area contributed by atoms with Crippen LogP contribution in [-0.2, 0) is 11.3 Å². The number of methoxy groups -OCH3 is 1. The molecule has 0 spiro atoms. The zero-order valence-corrected chi connectivity index (χ0v) is 14.2. The zero-order chi connectivity index (χ0) is 17.5. The Morgan fingerprint density at radius 3 is 2.50 bits per heavy atom. The molecule has 2 aromatic rings. The molecule has 2 rings (SSSR count). The minimum Gasteiger partial charge on any atom is -0.497 e. The van der Waals surface area contributed by atoms with E-state index in [1.165, 1.54) is 0 Å². The third-order valence-corrected chi connectivity index (χ3v) is 3.75. The first-order chi connectivity index (χ1) is 11.5. The first-order valence-corrected chi connectivity index (χ1v) is 7.79. The second-order valence-corrected chi connectivity index (χ2v) is 5.65. The first-order valence-electron chi connectivity index (χ1n) is 7.79. The average molecular weight is 329 g/mol. The first kappa shape index (κ1) is 17.7. The van der Waals surface area contributed by atoms with Crippen LogP contribution in [0.1, 0.15) is 19.4 Å². The normalized spacial score (nSPS) is 13.0. The Labute approximate surface area is 142 Å². The number of carbonyl (C=O) groups excluding carboxylic acids is 1. The maximum absolute atomic E-state index is 11.9. The standard InChI is InChI=1S/C18H23N3O3/c1-12(13(2)19)18(22)21-11-14-8-9-20-17(10-14)24-16-6-4-15(23-3)5-7-16/h4-10,12-13H,11,19H2,1-3H3,(H,21,22). The highest BCUT2D eigenvalue weighted by Gasteiger charge is 2.16. The minimum absolute atomic E-state index is 0.0700. The molecule has 0 aliphatic carbocycles. The summed E-state index contributed by atoms with van der Waals surface area (Å²) in [5, 5.41) is 2.87. The van der Waals surface area contributed by atoms with Gasteiger partial charge < -0.3 is 20.5 Å². The number of carbonyl (C=O) groups is 1. The summed E-state index contributed by atoms with van der Waals surface area (Å²) in [6.45, 7) is 4.03. The molecule has 1 heterocycles. The Bertz CT molecular complexity index is 671. The minimum atomic E-state index is -0.234. The predicted octanol–water partition coefficient (Wildman–Crippen LogP) is 2.48. The van der Waals surface area contributed by atoms with Crippen molar-refractivity contribution >= 4 is 5.91 Å². The fraction of sp³-hybridized carbons (Fsp3) is 0.333. The maximum Gasteiger partial charge on any atom is 0.224 e. The Morgan fingerprint density at radius 1 is 1.21 bits per heavy atom. The van der Waals surface area contributed by atoms with Crippen LogP contribution in [0.2, 0.25) is 0 Å². The third kappa shape index (κ3) is 4.96. The average Bonchev–Trinajstić information content (AvgIpc) is 2.60. The number of aromatic nitrogens is 1. The summed E-state index contributed by atoms with van der Waals surface area (Å²) in [6.07, 6.45) is 1.65. The van der Waals surface area contributed by atoms with Gasteiger partial charge in [-0.15, -0.1) is 0 Å². The summed E-state index contributed by atoms with van der Waals surface area (Å²) in [7, 11) is 1.61. The van der Waals surface area contributed by atoms with Crippen molar-refractivity contribution < 1.29 is 14.3 Å². The van der Waals surface area contributed by atoms with Crippen molar-refractivity contribution in [3.63, 3.8) is 0 Å². The SMILES string of the molecule is COc1ccc(Oc2cc(CNC(=O)C(C)C(C)N)ccn2)cc1. The van der Waals surface area contributed by atoms with E-state index in [1.54, 1.807) is 31.5 Å². The lowest BCUT2D eigenvalue weighted by Gasteiger charge is -2.15. The molecular weight excluding hydrogens is 306 g/mol. The number of nitrogens with one attached hydrogen (secondary N) is 1. The number of benzene rings is 1. The van der Waals surface area contributed by atoms with E-state index in [-0.39, 0.29) is 17.9 Å². The largest absolute Gasteiger partial charge is 0.497 e. The van der Waals surface area contributed by atoms with Crippen molar-refractivity contribution in [2.75, 3.05) is 7.11 Å². The summed E-state index contributed by atoms with van der Waals surface area (Å²) in [6, 6.07) is 10.7. The topological polar surface area (TPSA) is 86.5 Å². The van der Waals surface area contributed by atoms with E-state index in [2.05, 4.69) is 10.3 Å². The van der Waals surface area contributed by atoms with Crippen molar-refractivity contribution in [3.05, 3.63) is 48.2 Å². The second-order valence-electron chi connectivity index (χ2n) is 5.65. The van der Waals surface area contributed by atoms with Gasteiger partial charge in [-0.2, -0.15) is 0 Å². The van der Waals surface area contributed by atoms with Crippen molar-refractivity contribution in [3.8, 4) is 17.4 Å². The lowest BCUT2D eigenvalue weighted by molar-refractivity contribution is -0.125. The fourth-order valence-corrected chi connectivity index (χ4v) is 1.97. The molecule has 2 atom stereocenters. The van der Waals surface area contributed by atoms with Crippen LogP contribution in [0.25, 0.3) is 0 Å². The molecule has 0 saturated heterocycles. The van der Waals surface area contributed by atoms with Crippen LogP contribution in [0.5, 0.6) is 17.4 Å². The molecule has 0 radical (unpaired) electrons. The van der Waals surface area contributed by atoms with E-state index in [0.29, 0.717) is 18.2 Å². The Kier molecular flexibility index (Phi) is 6.14. The third-order valence-electron chi connectivity index (χ3n) is 3.75. The van der Waals surface area contributed by atoms with Crippen molar-refractivity contribution in [2.24, 2.45) is 11.7 Å². The number of hydrogen-bond acceptors (Lipinski definition) is 5. The van der Waals surface area contributed by atoms with E-state index in [9.17, 15) is 4.79 Å². The van der Waals surface area contributed by atoms with Gasteiger partial charge in [0.1, 0.15) is 11.5 Å². The molecule has 1 aromatic heterocycles. The number of ether oxygens (including phenoxy) is 2. The highest BCUT2D eigenvalue weighted by atomic mass is 16.5. The van der Waals surface area contributed by atoms with Crippen LogP contribution in [0, 0.1) is 5.92 Å². The van der Waals surface area contributed by atoms with Gasteiger partial charge >= 0.3 is 0 Å². The molecule has 6 nitrogen and oxygen atoms in total. The molecule has 2 unspecified atom stereocenters. The number of amides is 1. The summed E-state index contributed by atoms with van der Waals surface area (Å²) < 4.78 is 10.8. The molecule has 0 aliphatic rings. The molecule has 0 bridgehead atoms. The summed E-state index contributed by atoms with van der Waals surface area (Å²) in [5.41, 5.74) is 6.64. The fourth-order valence-electron chi connectivity index (χ4n) is 1.97. The smallest absolute Gasteiger partial charge is 0.224 e. The number of nitrogens with zero attached hydrogens (tertiary/aromatic N) is 1. The van der Waals surface area contributed by atoms with E-state index in [1.807, 2.05) is 32.0 Å². The van der Waals surface area contributed by atoms with Crippen molar-refractivity contribution in [2.45, 2.75) is 26.4 Å². The quantitative estimate of drug-likeness (QED) is 0.815. The van der Waals surface area contributed by atoms with Crippen LogP contribution in [0.4, 0.5) is 0 Å². The Morgan fingerprint density at radius 2 is 1.88 bits per heavy atom. The van der Waals surface area contributed by atoms with Gasteiger partial charge in [-0.05, 0) is 42.8 Å². The molecule has 0 aliphatic heterocycles. The molecule has 0 fully saturated rings. The molecule has 1 amide bonds. The molecule has 0 saturated carbocycles. The Balaban J connectivity index is 1.96. The van der Waals surface area contributed by atoms with Gasteiger partial charge in [0.15, 0.2) is 0 Å². The molecular formula is C18H23N3O3. The van der Waals surface area contributed by atoms with Gasteiger partial charge in [-0.25, -0.2) is 4.98 Å². The lowest BCUT2D eigenvalue weighted by atomic mass is 10.0. The van der Waals surface area contributed by atoms with E-state index in [0.717, 1.165) is 11.3 Å². The highest BCUT2D eigenvalue weighted by molar-refractivity contribution is 5.78. The zero-order valence-electron chi connectivity index (χ0n) is 14.2. The van der Waals surface area contributed by atoms with Gasteiger partial charge in [0, 0.05) is 30.8 Å². The summed E-state index contributed by atoms with van der Waals surface area (Å²) in [4.78, 5) is 16.1. The van der Waals surface area contributed by atoms with Gasteiger partial charge in [-0.3, -0.25) is 4.79 Å². The highest BCUT2D eigenvalue weighted by Crippen LogP contribution is 2.22. The number of pyridine rings is 1. The van der Waals surface area contributed by atoms with Crippen molar-refractivity contribution in [1.29, 1.82) is 0 Å². The molecule has 1 aromatic carbocycles. The second kappa shape index (κ2) is 8.31. The summed E-state index contributed by atoms with van der Waals surface area (Å²) in [5.74, 6) is 1.58. The van der Waals surface area contributed by atoms with Gasteiger partial charge in [0.2, 0.25) is 11.8 Å². The van der Waals surface area contributed by atoms with Crippen molar-refractivity contribution in [1.82, 2.24) is 10.3 Å². The molecule has 128 valence electrons. The summed E-state index contributed by atoms with van der Waals surface area (Å²) >= 11 is 0. The molecule has 24 heavy (non-hydrogen) atoms. The lowest BCUT2D eigenvalue weighted by Crippen LogP contribution is -2.38. The van der Waals surface area contributed by atoms with Crippen LogP contribution in [0.15, 0.2) is 42.6 Å². The Hall–Kier alpha value is -2.60. The van der Waals surface area contributed by atoms with Crippen LogP contribution < -0.4 is 20.5 Å². The number of hydrogen-bond donors (Lipinski definition) is 2. The van der Waals surface area contributed by atoms with Crippen LogP contribution in [0.3, 0.4) is 0 Å². The monoisotopic (exact) mass is 329 g/mol. The van der Waals surface area contributed by atoms with E-state index in [4.69, 9.17) is 15.2 Å². The van der Waals surface area contributed by atoms with Crippen LogP contribution >= 0.6 is 0 Å². The molecule has 3 N–H and O–H groups in total. The van der Waals surface area contributed by atoms with E-state index >= 15 is 0 Å². The van der Waals surface area contributed by atoms with Crippen LogP contribution in [-0.4, -0.2) is 24.0 Å². The maximum atomic E-state index is 11.9. The van der Waals surface area contributed by atoms with Gasteiger partial charge in [-0.1, -0.05) is 6.92 Å². The number of rotatable bonds is 7. The number of nitrogens with two attached hydrogens (primary N) is 1. The molecule has 6 heteroatoms. The van der Waals surface area contributed by atoms with Gasteiger partial charge in [0.05, 0.1) is 7.11 Å². The predicted molar refractivity (Wildman–Crippen MR) is 92.0 cm³/mol.